The molecule has 1 aliphatic heterocycles. The quantitative estimate of drug-likeness (QED) is 0.378. The first-order valence-corrected chi connectivity index (χ1v) is 11.6. The lowest BCUT2D eigenvalue weighted by molar-refractivity contribution is -0.119. The van der Waals surface area contributed by atoms with Crippen molar-refractivity contribution in [2.45, 2.75) is 12.5 Å². The van der Waals surface area contributed by atoms with Crippen LogP contribution >= 0.6 is 0 Å². The number of carbonyl (C=O) groups is 4. The van der Waals surface area contributed by atoms with E-state index in [1.54, 1.807) is 66.9 Å². The molecule has 5 rings (SSSR count). The first-order chi connectivity index (χ1) is 18.0. The van der Waals surface area contributed by atoms with E-state index in [1.807, 2.05) is 30.3 Å². The van der Waals surface area contributed by atoms with Gasteiger partial charge in [-0.05, 0) is 48.0 Å². The van der Waals surface area contributed by atoms with Crippen LogP contribution in [0.5, 0.6) is 0 Å². The molecule has 0 saturated carbocycles. The number of amides is 4. The van der Waals surface area contributed by atoms with Crippen molar-refractivity contribution >= 4 is 35.0 Å². The van der Waals surface area contributed by atoms with E-state index < -0.39 is 23.8 Å². The number of pyridine rings is 1. The third-order valence-electron chi connectivity index (χ3n) is 6.02. The van der Waals surface area contributed by atoms with E-state index in [1.165, 1.54) is 6.20 Å². The number of hydrogen-bond donors (Lipinski definition) is 2. The lowest BCUT2D eigenvalue weighted by Gasteiger charge is -2.25. The summed E-state index contributed by atoms with van der Waals surface area (Å²) in [5, 5.41) is 5.58. The molecule has 2 N–H and O–H groups in total. The molecule has 0 radical (unpaired) electrons. The average molecular weight is 491 g/mol. The molecule has 0 aliphatic carbocycles. The Bertz CT molecular complexity index is 1450. The zero-order valence-electron chi connectivity index (χ0n) is 19.6. The summed E-state index contributed by atoms with van der Waals surface area (Å²) in [6, 6.07) is 24.6. The first kappa shape index (κ1) is 23.6. The van der Waals surface area contributed by atoms with Crippen LogP contribution in [0.15, 0.2) is 103 Å². The molecule has 2 heterocycles. The van der Waals surface area contributed by atoms with E-state index in [0.717, 1.165) is 10.5 Å². The van der Waals surface area contributed by atoms with Gasteiger partial charge >= 0.3 is 0 Å². The fourth-order valence-electron chi connectivity index (χ4n) is 4.23. The maximum atomic E-state index is 13.5. The fraction of sp³-hybridized carbons (Fsp3) is 0.0690. The van der Waals surface area contributed by atoms with Gasteiger partial charge < -0.3 is 10.6 Å². The summed E-state index contributed by atoms with van der Waals surface area (Å²) in [4.78, 5) is 57.4. The molecular formula is C29H22N4O4. The van der Waals surface area contributed by atoms with Crippen LogP contribution in [0.25, 0.3) is 0 Å². The Morgan fingerprint density at radius 1 is 0.757 bits per heavy atom. The van der Waals surface area contributed by atoms with Crippen LogP contribution in [-0.4, -0.2) is 39.6 Å². The number of fused-ring (bicyclic) bond motifs is 1. The van der Waals surface area contributed by atoms with E-state index >= 15 is 0 Å². The highest BCUT2D eigenvalue weighted by atomic mass is 16.2. The molecule has 1 atom stereocenters. The maximum absolute atomic E-state index is 13.5. The number of rotatable bonds is 7. The van der Waals surface area contributed by atoms with Gasteiger partial charge in [-0.25, -0.2) is 0 Å². The van der Waals surface area contributed by atoms with Gasteiger partial charge in [0.15, 0.2) is 0 Å². The summed E-state index contributed by atoms with van der Waals surface area (Å²) in [6.07, 6.45) is 3.18. The van der Waals surface area contributed by atoms with Gasteiger partial charge in [-0.2, -0.15) is 0 Å². The Balaban J connectivity index is 1.39. The highest BCUT2D eigenvalue weighted by Crippen LogP contribution is 2.27. The number of hydrogen-bond acceptors (Lipinski definition) is 5. The van der Waals surface area contributed by atoms with Gasteiger partial charge in [0, 0.05) is 30.2 Å². The van der Waals surface area contributed by atoms with Gasteiger partial charge in [-0.15, -0.1) is 0 Å². The number of aromatic nitrogens is 1. The van der Waals surface area contributed by atoms with Crippen LogP contribution in [0.2, 0.25) is 0 Å². The van der Waals surface area contributed by atoms with Crippen molar-refractivity contribution in [1.29, 1.82) is 0 Å². The van der Waals surface area contributed by atoms with Gasteiger partial charge in [0.2, 0.25) is 5.91 Å². The summed E-state index contributed by atoms with van der Waals surface area (Å²) < 4.78 is 0. The zero-order chi connectivity index (χ0) is 25.8. The normalized spacial score (nSPS) is 13.1. The summed E-state index contributed by atoms with van der Waals surface area (Å²) in [7, 11) is 0. The molecule has 8 nitrogen and oxygen atoms in total. The van der Waals surface area contributed by atoms with Crippen LogP contribution in [0, 0.1) is 0 Å². The second kappa shape index (κ2) is 10.2. The number of nitrogens with zero attached hydrogens (tertiary/aromatic N) is 2. The van der Waals surface area contributed by atoms with E-state index in [9.17, 15) is 19.2 Å². The Kier molecular flexibility index (Phi) is 6.54. The second-order valence-electron chi connectivity index (χ2n) is 8.50. The van der Waals surface area contributed by atoms with Crippen molar-refractivity contribution in [3.63, 3.8) is 0 Å². The van der Waals surface area contributed by atoms with Crippen molar-refractivity contribution < 1.29 is 19.2 Å². The van der Waals surface area contributed by atoms with Crippen molar-refractivity contribution in [3.05, 3.63) is 126 Å². The molecule has 8 heteroatoms. The fourth-order valence-corrected chi connectivity index (χ4v) is 4.23. The highest BCUT2D eigenvalue weighted by molar-refractivity contribution is 6.23. The predicted octanol–water partition coefficient (Wildman–Crippen LogP) is 4.18. The Morgan fingerprint density at radius 3 is 2.05 bits per heavy atom. The number of benzene rings is 3. The van der Waals surface area contributed by atoms with Crippen molar-refractivity contribution in [3.8, 4) is 0 Å². The standard InChI is InChI=1S/C29H22N4O4/c34-26(20-10-7-15-30-18-20)31-21-11-6-12-22(17-21)32-27(35)25(16-19-8-2-1-3-9-19)33-28(36)23-13-4-5-14-24(23)29(33)37/h1-15,17-18,25H,16H2,(H,31,34)(H,32,35). The van der Waals surface area contributed by atoms with Crippen LogP contribution in [-0.2, 0) is 11.2 Å². The first-order valence-electron chi connectivity index (χ1n) is 11.6. The molecular weight excluding hydrogens is 468 g/mol. The van der Waals surface area contributed by atoms with Gasteiger partial charge in [0.1, 0.15) is 6.04 Å². The summed E-state index contributed by atoms with van der Waals surface area (Å²) >= 11 is 0. The minimum absolute atomic E-state index is 0.148. The van der Waals surface area contributed by atoms with E-state index in [0.29, 0.717) is 16.9 Å². The molecule has 1 aromatic heterocycles. The molecule has 0 fully saturated rings. The smallest absolute Gasteiger partial charge is 0.262 e. The molecule has 4 aromatic rings. The van der Waals surface area contributed by atoms with Crippen molar-refractivity contribution in [2.75, 3.05) is 10.6 Å². The average Bonchev–Trinajstić information content (AvgIpc) is 3.18. The molecule has 0 saturated heterocycles. The summed E-state index contributed by atoms with van der Waals surface area (Å²) in [6.45, 7) is 0. The lowest BCUT2D eigenvalue weighted by Crippen LogP contribution is -2.48. The minimum atomic E-state index is -1.08. The minimum Gasteiger partial charge on any atom is -0.324 e. The molecule has 37 heavy (non-hydrogen) atoms. The second-order valence-corrected chi connectivity index (χ2v) is 8.50. The van der Waals surface area contributed by atoms with Gasteiger partial charge in [0.25, 0.3) is 17.7 Å². The van der Waals surface area contributed by atoms with Gasteiger partial charge in [0.05, 0.1) is 16.7 Å². The van der Waals surface area contributed by atoms with Gasteiger partial charge in [-0.1, -0.05) is 48.5 Å². The molecule has 0 bridgehead atoms. The lowest BCUT2D eigenvalue weighted by atomic mass is 10.0. The Morgan fingerprint density at radius 2 is 1.41 bits per heavy atom. The third-order valence-corrected chi connectivity index (χ3v) is 6.02. The number of anilines is 2. The van der Waals surface area contributed by atoms with E-state index in [-0.39, 0.29) is 23.5 Å². The van der Waals surface area contributed by atoms with E-state index in [2.05, 4.69) is 15.6 Å². The van der Waals surface area contributed by atoms with E-state index in [4.69, 9.17) is 0 Å². The Hall–Kier alpha value is -5.11. The molecule has 1 unspecified atom stereocenters. The third kappa shape index (κ3) is 4.99. The number of carbonyl (C=O) groups excluding carboxylic acids is 4. The maximum Gasteiger partial charge on any atom is 0.262 e. The molecule has 3 aromatic carbocycles. The molecule has 182 valence electrons. The topological polar surface area (TPSA) is 108 Å². The van der Waals surface area contributed by atoms with Crippen molar-refractivity contribution in [1.82, 2.24) is 9.88 Å². The molecule has 4 amide bonds. The van der Waals surface area contributed by atoms with Crippen LogP contribution in [0.1, 0.15) is 36.6 Å². The zero-order valence-corrected chi connectivity index (χ0v) is 19.6. The number of imide groups is 1. The van der Waals surface area contributed by atoms with Crippen molar-refractivity contribution in [2.24, 2.45) is 0 Å². The van der Waals surface area contributed by atoms with Crippen LogP contribution in [0.4, 0.5) is 11.4 Å². The number of nitrogens with one attached hydrogen (secondary N) is 2. The Labute approximate surface area is 213 Å². The van der Waals surface area contributed by atoms with Crippen LogP contribution in [0.3, 0.4) is 0 Å². The monoisotopic (exact) mass is 490 g/mol. The SMILES string of the molecule is O=C(Nc1cccc(NC(=O)C(Cc2ccccc2)N2C(=O)c3ccccc3C2=O)c1)c1cccnc1. The predicted molar refractivity (Wildman–Crippen MR) is 138 cm³/mol. The van der Waals surface area contributed by atoms with Crippen LogP contribution < -0.4 is 10.6 Å². The highest BCUT2D eigenvalue weighted by Gasteiger charge is 2.42. The summed E-state index contributed by atoms with van der Waals surface area (Å²) in [5.41, 5.74) is 2.62. The summed E-state index contributed by atoms with van der Waals surface area (Å²) in [5.74, 6) is -1.87. The van der Waals surface area contributed by atoms with Gasteiger partial charge in [-0.3, -0.25) is 29.1 Å². The molecule has 1 aliphatic rings. The largest absolute Gasteiger partial charge is 0.324 e. The molecule has 0 spiro atoms.